The summed E-state index contributed by atoms with van der Waals surface area (Å²) in [5, 5.41) is 5.11. The van der Waals surface area contributed by atoms with E-state index < -0.39 is 17.9 Å². The van der Waals surface area contributed by atoms with E-state index in [0.29, 0.717) is 12.2 Å². The molecule has 112 valence electrons. The summed E-state index contributed by atoms with van der Waals surface area (Å²) in [4.78, 5) is 38.5. The van der Waals surface area contributed by atoms with Crippen molar-refractivity contribution in [2.24, 2.45) is 0 Å². The van der Waals surface area contributed by atoms with Crippen LogP contribution in [0.4, 0.5) is 11.5 Å². The molecule has 1 aromatic heterocycles. The number of nitrogen functional groups attached to an aromatic ring is 1. The summed E-state index contributed by atoms with van der Waals surface area (Å²) < 4.78 is 4.89. The lowest BCUT2D eigenvalue weighted by molar-refractivity contribution is -0.133. The zero-order valence-electron chi connectivity index (χ0n) is 11.5. The van der Waals surface area contributed by atoms with Crippen molar-refractivity contribution in [3.63, 3.8) is 0 Å². The average molecular weight is 292 g/mol. The van der Waals surface area contributed by atoms with Gasteiger partial charge in [-0.3, -0.25) is 14.9 Å². The Labute approximate surface area is 121 Å². The maximum absolute atomic E-state index is 11.7. The number of pyridine rings is 1. The molecule has 1 aromatic rings. The maximum Gasteiger partial charge on any atom is 0.340 e. The number of hydrogen-bond donors (Lipinski definition) is 3. The van der Waals surface area contributed by atoms with Crippen LogP contribution in [0, 0.1) is 0 Å². The van der Waals surface area contributed by atoms with Gasteiger partial charge in [0.2, 0.25) is 11.8 Å². The van der Waals surface area contributed by atoms with E-state index >= 15 is 0 Å². The Morgan fingerprint density at radius 3 is 3.00 bits per heavy atom. The highest BCUT2D eigenvalue weighted by atomic mass is 16.5. The SMILES string of the molecule is CCOC(=O)c1cc(NC2CCC(=O)NC2=O)ncc1N. The van der Waals surface area contributed by atoms with Gasteiger partial charge in [-0.25, -0.2) is 9.78 Å². The number of nitrogens with two attached hydrogens (primary N) is 1. The summed E-state index contributed by atoms with van der Waals surface area (Å²) in [6, 6.07) is 0.852. The van der Waals surface area contributed by atoms with Gasteiger partial charge in [0.1, 0.15) is 11.9 Å². The number of esters is 1. The highest BCUT2D eigenvalue weighted by molar-refractivity contribution is 6.01. The maximum atomic E-state index is 11.7. The molecule has 21 heavy (non-hydrogen) atoms. The molecule has 0 bridgehead atoms. The first kappa shape index (κ1) is 14.8. The van der Waals surface area contributed by atoms with Gasteiger partial charge in [-0.15, -0.1) is 0 Å². The van der Waals surface area contributed by atoms with Gasteiger partial charge in [0.25, 0.3) is 0 Å². The minimum Gasteiger partial charge on any atom is -0.462 e. The molecule has 1 atom stereocenters. The molecule has 1 fully saturated rings. The number of carbonyl (C=O) groups is 3. The fourth-order valence-electron chi connectivity index (χ4n) is 1.94. The lowest BCUT2D eigenvalue weighted by atomic mass is 10.1. The quantitative estimate of drug-likeness (QED) is 0.529. The lowest BCUT2D eigenvalue weighted by Crippen LogP contribution is -2.47. The van der Waals surface area contributed by atoms with Gasteiger partial charge >= 0.3 is 5.97 Å². The zero-order valence-corrected chi connectivity index (χ0v) is 11.5. The molecule has 0 spiro atoms. The van der Waals surface area contributed by atoms with Gasteiger partial charge in [0, 0.05) is 6.42 Å². The van der Waals surface area contributed by atoms with Crippen LogP contribution in [0.3, 0.4) is 0 Å². The van der Waals surface area contributed by atoms with Crippen LogP contribution in [0.5, 0.6) is 0 Å². The number of carbonyl (C=O) groups excluding carboxylic acids is 3. The topological polar surface area (TPSA) is 123 Å². The van der Waals surface area contributed by atoms with Crippen molar-refractivity contribution in [2.75, 3.05) is 17.7 Å². The Bertz CT molecular complexity index is 588. The second-order valence-corrected chi connectivity index (χ2v) is 4.53. The van der Waals surface area contributed by atoms with Gasteiger partial charge in [-0.1, -0.05) is 0 Å². The van der Waals surface area contributed by atoms with E-state index in [4.69, 9.17) is 10.5 Å². The van der Waals surface area contributed by atoms with Crippen LogP contribution in [0.25, 0.3) is 0 Å². The lowest BCUT2D eigenvalue weighted by Gasteiger charge is -2.22. The van der Waals surface area contributed by atoms with E-state index in [9.17, 15) is 14.4 Å². The molecule has 1 saturated heterocycles. The molecule has 8 heteroatoms. The summed E-state index contributed by atoms with van der Waals surface area (Å²) in [6.07, 6.45) is 1.94. The Morgan fingerprint density at radius 1 is 1.57 bits per heavy atom. The molecule has 4 N–H and O–H groups in total. The highest BCUT2D eigenvalue weighted by Crippen LogP contribution is 2.18. The van der Waals surface area contributed by atoms with Crippen molar-refractivity contribution in [3.8, 4) is 0 Å². The number of anilines is 2. The number of aromatic nitrogens is 1. The molecule has 1 aliphatic heterocycles. The van der Waals surface area contributed by atoms with Crippen LogP contribution < -0.4 is 16.4 Å². The van der Waals surface area contributed by atoms with E-state index in [1.165, 1.54) is 12.3 Å². The Kier molecular flexibility index (Phi) is 4.36. The third-order valence-electron chi connectivity index (χ3n) is 2.99. The van der Waals surface area contributed by atoms with Crippen molar-refractivity contribution in [2.45, 2.75) is 25.8 Å². The Hall–Kier alpha value is -2.64. The summed E-state index contributed by atoms with van der Waals surface area (Å²) in [5.41, 5.74) is 6.06. The van der Waals surface area contributed by atoms with E-state index in [1.54, 1.807) is 6.92 Å². The van der Waals surface area contributed by atoms with Gasteiger partial charge < -0.3 is 15.8 Å². The van der Waals surface area contributed by atoms with Crippen LogP contribution in [-0.2, 0) is 14.3 Å². The van der Waals surface area contributed by atoms with Gasteiger partial charge in [0.15, 0.2) is 0 Å². The summed E-state index contributed by atoms with van der Waals surface area (Å²) in [5.74, 6) is -0.941. The molecule has 1 unspecified atom stereocenters. The molecule has 0 radical (unpaired) electrons. The first-order valence-corrected chi connectivity index (χ1v) is 6.54. The number of ether oxygens (including phenoxy) is 1. The van der Waals surface area contributed by atoms with Crippen LogP contribution >= 0.6 is 0 Å². The zero-order chi connectivity index (χ0) is 15.4. The van der Waals surface area contributed by atoms with Gasteiger partial charge in [-0.2, -0.15) is 0 Å². The fourth-order valence-corrected chi connectivity index (χ4v) is 1.94. The molecule has 2 amide bonds. The fraction of sp³-hybridized carbons (Fsp3) is 0.385. The van der Waals surface area contributed by atoms with Crippen LogP contribution in [0.15, 0.2) is 12.3 Å². The Balaban J connectivity index is 2.14. The highest BCUT2D eigenvalue weighted by Gasteiger charge is 2.27. The largest absolute Gasteiger partial charge is 0.462 e. The predicted molar refractivity (Wildman–Crippen MR) is 74.4 cm³/mol. The molecule has 0 aliphatic carbocycles. The van der Waals surface area contributed by atoms with Crippen LogP contribution in [-0.4, -0.2) is 35.4 Å². The number of hydrogen-bond acceptors (Lipinski definition) is 7. The number of piperidine rings is 1. The smallest absolute Gasteiger partial charge is 0.340 e. The van der Waals surface area contributed by atoms with Crippen molar-refractivity contribution < 1.29 is 19.1 Å². The monoisotopic (exact) mass is 292 g/mol. The van der Waals surface area contributed by atoms with E-state index in [1.807, 2.05) is 0 Å². The van der Waals surface area contributed by atoms with Crippen molar-refractivity contribution in [1.29, 1.82) is 0 Å². The first-order valence-electron chi connectivity index (χ1n) is 6.54. The molecule has 1 aliphatic rings. The van der Waals surface area contributed by atoms with E-state index in [0.717, 1.165) is 0 Å². The van der Waals surface area contributed by atoms with Crippen molar-refractivity contribution in [3.05, 3.63) is 17.8 Å². The number of nitrogens with one attached hydrogen (secondary N) is 2. The summed E-state index contributed by atoms with van der Waals surface area (Å²) >= 11 is 0. The average Bonchev–Trinajstić information content (AvgIpc) is 2.44. The van der Waals surface area contributed by atoms with E-state index in [2.05, 4.69) is 15.6 Å². The minimum atomic E-state index is -0.575. The minimum absolute atomic E-state index is 0.182. The van der Waals surface area contributed by atoms with Gasteiger partial charge in [0.05, 0.1) is 24.1 Å². The predicted octanol–water partition coefficient (Wildman–Crippen LogP) is 0.0576. The molecular weight excluding hydrogens is 276 g/mol. The van der Waals surface area contributed by atoms with Crippen LogP contribution in [0.1, 0.15) is 30.1 Å². The van der Waals surface area contributed by atoms with E-state index in [-0.39, 0.29) is 30.2 Å². The second kappa shape index (κ2) is 6.21. The van der Waals surface area contributed by atoms with Gasteiger partial charge in [-0.05, 0) is 19.4 Å². The number of nitrogens with zero attached hydrogens (tertiary/aromatic N) is 1. The normalized spacial score (nSPS) is 18.0. The first-order chi connectivity index (χ1) is 10.0. The number of amides is 2. The van der Waals surface area contributed by atoms with Crippen molar-refractivity contribution in [1.82, 2.24) is 10.3 Å². The molecule has 2 heterocycles. The van der Waals surface area contributed by atoms with Crippen molar-refractivity contribution >= 4 is 29.3 Å². The second-order valence-electron chi connectivity index (χ2n) is 4.53. The summed E-state index contributed by atoms with van der Waals surface area (Å²) in [7, 11) is 0. The van der Waals surface area contributed by atoms with Crippen LogP contribution in [0.2, 0.25) is 0 Å². The molecule has 0 aromatic carbocycles. The third-order valence-corrected chi connectivity index (χ3v) is 2.99. The molecule has 2 rings (SSSR count). The number of imide groups is 1. The Morgan fingerprint density at radius 2 is 2.33 bits per heavy atom. The molecular formula is C13H16N4O4. The standard InChI is InChI=1S/C13H16N4O4/c1-2-21-13(20)7-5-10(15-6-8(7)14)16-9-3-4-11(18)17-12(9)19/h5-6,9H,2-4,14H2,1H3,(H,15,16)(H,17,18,19). The third kappa shape index (κ3) is 3.47. The number of rotatable bonds is 4. The summed E-state index contributed by atoms with van der Waals surface area (Å²) in [6.45, 7) is 1.92. The molecule has 8 nitrogen and oxygen atoms in total. The molecule has 0 saturated carbocycles.